The van der Waals surface area contributed by atoms with Crippen LogP contribution in [0.15, 0.2) is 24.9 Å². The van der Waals surface area contributed by atoms with E-state index in [1.165, 1.54) is 0 Å². The largest absolute Gasteiger partial charge is 0.390 e. The molecule has 2 nitrogen and oxygen atoms in total. The number of aliphatic hydroxyl groups is 1. The SMILES string of the molecule is C=CC(=C)N1CCC(C)(O)CC1. The lowest BCUT2D eigenvalue weighted by molar-refractivity contribution is 0.00379. The minimum absolute atomic E-state index is 0.474. The van der Waals surface area contributed by atoms with E-state index in [0.29, 0.717) is 0 Å². The van der Waals surface area contributed by atoms with E-state index in [9.17, 15) is 5.11 Å². The summed E-state index contributed by atoms with van der Waals surface area (Å²) in [4.78, 5) is 2.16. The third kappa shape index (κ3) is 2.11. The smallest absolute Gasteiger partial charge is 0.0653 e. The summed E-state index contributed by atoms with van der Waals surface area (Å²) in [5, 5.41) is 9.66. The first kappa shape index (κ1) is 9.33. The molecule has 0 unspecified atom stereocenters. The molecule has 0 saturated carbocycles. The van der Waals surface area contributed by atoms with E-state index in [2.05, 4.69) is 18.1 Å². The summed E-state index contributed by atoms with van der Waals surface area (Å²) < 4.78 is 0. The topological polar surface area (TPSA) is 23.5 Å². The van der Waals surface area contributed by atoms with Gasteiger partial charge in [0.15, 0.2) is 0 Å². The summed E-state index contributed by atoms with van der Waals surface area (Å²) in [6.07, 6.45) is 3.40. The van der Waals surface area contributed by atoms with Gasteiger partial charge in [0.1, 0.15) is 0 Å². The van der Waals surface area contributed by atoms with Crippen molar-refractivity contribution < 1.29 is 5.11 Å². The normalized spacial score (nSPS) is 22.0. The van der Waals surface area contributed by atoms with Crippen molar-refractivity contribution in [1.29, 1.82) is 0 Å². The third-order valence-corrected chi connectivity index (χ3v) is 2.48. The van der Waals surface area contributed by atoms with Crippen LogP contribution in [0.4, 0.5) is 0 Å². The Bertz CT molecular complexity index is 186. The molecule has 0 spiro atoms. The molecular formula is C10H17NO. The number of likely N-dealkylation sites (tertiary alicyclic amines) is 1. The Morgan fingerprint density at radius 1 is 1.50 bits per heavy atom. The van der Waals surface area contributed by atoms with Crippen LogP contribution in [0.3, 0.4) is 0 Å². The Labute approximate surface area is 74.2 Å². The minimum atomic E-state index is -0.474. The second-order valence-electron chi connectivity index (χ2n) is 3.68. The third-order valence-electron chi connectivity index (χ3n) is 2.48. The summed E-state index contributed by atoms with van der Waals surface area (Å²) in [7, 11) is 0. The summed E-state index contributed by atoms with van der Waals surface area (Å²) in [6, 6.07) is 0. The van der Waals surface area contributed by atoms with Gasteiger partial charge in [-0.05, 0) is 25.8 Å². The molecule has 1 fully saturated rings. The maximum Gasteiger partial charge on any atom is 0.0653 e. The number of rotatable bonds is 2. The highest BCUT2D eigenvalue weighted by molar-refractivity contribution is 5.11. The molecule has 1 N–H and O–H groups in total. The Hall–Kier alpha value is -0.760. The molecule has 1 rings (SSSR count). The summed E-state index contributed by atoms with van der Waals surface area (Å²) in [5.41, 5.74) is 0.489. The van der Waals surface area contributed by atoms with E-state index in [-0.39, 0.29) is 0 Å². The predicted molar refractivity (Wildman–Crippen MR) is 50.8 cm³/mol. The van der Waals surface area contributed by atoms with Gasteiger partial charge in [-0.3, -0.25) is 0 Å². The van der Waals surface area contributed by atoms with Crippen LogP contribution in [-0.2, 0) is 0 Å². The van der Waals surface area contributed by atoms with Crippen LogP contribution in [0.2, 0.25) is 0 Å². The van der Waals surface area contributed by atoms with E-state index in [0.717, 1.165) is 31.6 Å². The molecule has 12 heavy (non-hydrogen) atoms. The molecule has 1 heterocycles. The molecule has 2 heteroatoms. The van der Waals surface area contributed by atoms with Crippen LogP contribution in [-0.4, -0.2) is 28.7 Å². The molecule has 0 aliphatic carbocycles. The van der Waals surface area contributed by atoms with E-state index in [4.69, 9.17) is 0 Å². The average Bonchev–Trinajstić information content (AvgIpc) is 2.03. The Kier molecular flexibility index (Phi) is 2.58. The maximum absolute atomic E-state index is 9.66. The number of allylic oxidation sites excluding steroid dienone is 1. The van der Waals surface area contributed by atoms with Gasteiger partial charge in [0.2, 0.25) is 0 Å². The van der Waals surface area contributed by atoms with E-state index in [1.54, 1.807) is 6.08 Å². The van der Waals surface area contributed by atoms with Gasteiger partial charge in [-0.2, -0.15) is 0 Å². The van der Waals surface area contributed by atoms with Gasteiger partial charge in [0.25, 0.3) is 0 Å². The van der Waals surface area contributed by atoms with Crippen molar-refractivity contribution in [2.45, 2.75) is 25.4 Å². The first-order valence-corrected chi connectivity index (χ1v) is 4.34. The standard InChI is InChI=1S/C10H17NO/c1-4-9(2)11-7-5-10(3,12)6-8-11/h4,12H,1-2,5-8H2,3H3. The number of hydrogen-bond donors (Lipinski definition) is 1. The maximum atomic E-state index is 9.66. The highest BCUT2D eigenvalue weighted by Gasteiger charge is 2.26. The Morgan fingerprint density at radius 3 is 2.42 bits per heavy atom. The predicted octanol–water partition coefficient (Wildman–Crippen LogP) is 1.53. The molecule has 0 bridgehead atoms. The number of nitrogens with zero attached hydrogens (tertiary/aromatic N) is 1. The number of piperidine rings is 1. The van der Waals surface area contributed by atoms with Gasteiger partial charge >= 0.3 is 0 Å². The van der Waals surface area contributed by atoms with E-state index < -0.39 is 5.60 Å². The van der Waals surface area contributed by atoms with Gasteiger partial charge < -0.3 is 10.0 Å². The minimum Gasteiger partial charge on any atom is -0.390 e. The molecule has 1 saturated heterocycles. The lowest BCUT2D eigenvalue weighted by Crippen LogP contribution is -2.41. The van der Waals surface area contributed by atoms with Gasteiger partial charge in [-0.15, -0.1) is 0 Å². The second kappa shape index (κ2) is 3.31. The molecular weight excluding hydrogens is 150 g/mol. The highest BCUT2D eigenvalue weighted by Crippen LogP contribution is 2.23. The molecule has 0 amide bonds. The van der Waals surface area contributed by atoms with Crippen molar-refractivity contribution in [3.05, 3.63) is 24.9 Å². The van der Waals surface area contributed by atoms with Gasteiger partial charge in [-0.25, -0.2) is 0 Å². The van der Waals surface area contributed by atoms with Crippen molar-refractivity contribution in [3.8, 4) is 0 Å². The van der Waals surface area contributed by atoms with Crippen LogP contribution in [0.25, 0.3) is 0 Å². The lowest BCUT2D eigenvalue weighted by Gasteiger charge is -2.37. The summed E-state index contributed by atoms with van der Waals surface area (Å²) in [6.45, 7) is 11.2. The average molecular weight is 167 g/mol. The van der Waals surface area contributed by atoms with Crippen molar-refractivity contribution in [1.82, 2.24) is 4.90 Å². The lowest BCUT2D eigenvalue weighted by atomic mass is 9.93. The van der Waals surface area contributed by atoms with Crippen LogP contribution in [0, 0.1) is 0 Å². The fourth-order valence-corrected chi connectivity index (χ4v) is 1.40. The van der Waals surface area contributed by atoms with Crippen LogP contribution in [0.5, 0.6) is 0 Å². The van der Waals surface area contributed by atoms with Crippen molar-refractivity contribution in [2.24, 2.45) is 0 Å². The summed E-state index contributed by atoms with van der Waals surface area (Å²) in [5.74, 6) is 0. The van der Waals surface area contributed by atoms with E-state index in [1.807, 2.05) is 6.92 Å². The van der Waals surface area contributed by atoms with Crippen molar-refractivity contribution >= 4 is 0 Å². The molecule has 1 aliphatic rings. The summed E-state index contributed by atoms with van der Waals surface area (Å²) >= 11 is 0. The van der Waals surface area contributed by atoms with Gasteiger partial charge in [0, 0.05) is 18.8 Å². The first-order valence-electron chi connectivity index (χ1n) is 4.34. The molecule has 1 aliphatic heterocycles. The van der Waals surface area contributed by atoms with Crippen molar-refractivity contribution in [3.63, 3.8) is 0 Å². The first-order chi connectivity index (χ1) is 5.55. The van der Waals surface area contributed by atoms with Crippen molar-refractivity contribution in [2.75, 3.05) is 13.1 Å². The fraction of sp³-hybridized carbons (Fsp3) is 0.600. The molecule has 0 aromatic heterocycles. The van der Waals surface area contributed by atoms with Gasteiger partial charge in [-0.1, -0.05) is 13.2 Å². The highest BCUT2D eigenvalue weighted by atomic mass is 16.3. The van der Waals surface area contributed by atoms with E-state index >= 15 is 0 Å². The molecule has 68 valence electrons. The zero-order chi connectivity index (χ0) is 9.19. The monoisotopic (exact) mass is 167 g/mol. The fourth-order valence-electron chi connectivity index (χ4n) is 1.40. The van der Waals surface area contributed by atoms with Crippen LogP contribution >= 0.6 is 0 Å². The molecule has 0 atom stereocenters. The molecule has 0 radical (unpaired) electrons. The molecule has 0 aromatic rings. The zero-order valence-corrected chi connectivity index (χ0v) is 7.71. The second-order valence-corrected chi connectivity index (χ2v) is 3.68. The van der Waals surface area contributed by atoms with Crippen LogP contribution < -0.4 is 0 Å². The zero-order valence-electron chi connectivity index (χ0n) is 7.71. The Balaban J connectivity index is 2.46. The van der Waals surface area contributed by atoms with Crippen LogP contribution in [0.1, 0.15) is 19.8 Å². The molecule has 0 aromatic carbocycles. The quantitative estimate of drug-likeness (QED) is 0.630. The van der Waals surface area contributed by atoms with Gasteiger partial charge in [0.05, 0.1) is 5.60 Å². The number of hydrogen-bond acceptors (Lipinski definition) is 2. The Morgan fingerprint density at radius 2 is 2.00 bits per heavy atom.